The van der Waals surface area contributed by atoms with Crippen molar-refractivity contribution in [1.29, 1.82) is 0 Å². The van der Waals surface area contributed by atoms with Gasteiger partial charge in [-0.25, -0.2) is 4.98 Å². The van der Waals surface area contributed by atoms with Gasteiger partial charge in [0.2, 0.25) is 0 Å². The number of carbonyl (C=O) groups excluding carboxylic acids is 1. The predicted molar refractivity (Wildman–Crippen MR) is 86.7 cm³/mol. The summed E-state index contributed by atoms with van der Waals surface area (Å²) in [5, 5.41) is 2.79. The van der Waals surface area contributed by atoms with Crippen LogP contribution in [0.25, 0.3) is 0 Å². The molecule has 0 bridgehead atoms. The van der Waals surface area contributed by atoms with Crippen molar-refractivity contribution in [3.05, 3.63) is 46.2 Å². The minimum absolute atomic E-state index is 0.283. The van der Waals surface area contributed by atoms with Gasteiger partial charge in [-0.1, -0.05) is 6.07 Å². The lowest BCUT2D eigenvalue weighted by Gasteiger charge is -2.13. The van der Waals surface area contributed by atoms with E-state index < -0.39 is 0 Å². The normalized spacial score (nSPS) is 10.2. The zero-order chi connectivity index (χ0) is 15.4. The predicted octanol–water partition coefficient (Wildman–Crippen LogP) is 3.39. The third kappa shape index (κ3) is 3.52. The molecule has 0 unspecified atom stereocenters. The van der Waals surface area contributed by atoms with Gasteiger partial charge in [-0.05, 0) is 53.5 Å². The number of hydrogen-bond donors (Lipinski definition) is 2. The maximum absolute atomic E-state index is 12.4. The lowest BCUT2D eigenvalue weighted by Crippen LogP contribution is -2.15. The summed E-state index contributed by atoms with van der Waals surface area (Å²) >= 11 is 3.32. The van der Waals surface area contributed by atoms with Crippen molar-refractivity contribution in [2.24, 2.45) is 0 Å². The van der Waals surface area contributed by atoms with Crippen LogP contribution < -0.4 is 15.8 Å². The third-order valence-electron chi connectivity index (χ3n) is 2.85. The van der Waals surface area contributed by atoms with Crippen LogP contribution in [-0.2, 0) is 0 Å². The third-order valence-corrected chi connectivity index (χ3v) is 3.68. The van der Waals surface area contributed by atoms with Gasteiger partial charge >= 0.3 is 0 Å². The van der Waals surface area contributed by atoms with Gasteiger partial charge in [0.1, 0.15) is 4.60 Å². The van der Waals surface area contributed by atoms with E-state index in [1.54, 1.807) is 24.4 Å². The van der Waals surface area contributed by atoms with Crippen LogP contribution in [0.1, 0.15) is 22.8 Å². The number of aryl methyl sites for hydroxylation is 1. The number of nitrogens with two attached hydrogens (primary N) is 1. The molecule has 6 heteroatoms. The number of benzene rings is 1. The maximum atomic E-state index is 12.4. The quantitative estimate of drug-likeness (QED) is 0.655. The topological polar surface area (TPSA) is 77.2 Å². The Morgan fingerprint density at radius 3 is 2.90 bits per heavy atom. The number of anilines is 2. The van der Waals surface area contributed by atoms with Gasteiger partial charge < -0.3 is 15.8 Å². The zero-order valence-corrected chi connectivity index (χ0v) is 13.4. The second-order valence-electron chi connectivity index (χ2n) is 4.44. The molecule has 0 saturated carbocycles. The largest absolute Gasteiger partial charge is 0.491 e. The van der Waals surface area contributed by atoms with Crippen molar-refractivity contribution in [3.8, 4) is 5.75 Å². The molecule has 3 N–H and O–H groups in total. The minimum Gasteiger partial charge on any atom is -0.491 e. The molecular weight excluding hydrogens is 334 g/mol. The number of carbonyl (C=O) groups is 1. The summed E-state index contributed by atoms with van der Waals surface area (Å²) in [4.78, 5) is 16.5. The number of hydrogen-bond acceptors (Lipinski definition) is 4. The Bertz CT molecular complexity index is 674. The minimum atomic E-state index is -0.283. The molecule has 0 atom stereocenters. The number of ether oxygens (including phenoxy) is 1. The van der Waals surface area contributed by atoms with Crippen molar-refractivity contribution in [1.82, 2.24) is 4.98 Å². The van der Waals surface area contributed by atoms with Crippen LogP contribution in [0.4, 0.5) is 11.4 Å². The summed E-state index contributed by atoms with van der Waals surface area (Å²) in [5.41, 5.74) is 8.25. The van der Waals surface area contributed by atoms with Crippen molar-refractivity contribution in [2.75, 3.05) is 17.7 Å². The van der Waals surface area contributed by atoms with Gasteiger partial charge in [0, 0.05) is 0 Å². The molecule has 1 aromatic carbocycles. The Morgan fingerprint density at radius 1 is 1.48 bits per heavy atom. The van der Waals surface area contributed by atoms with Crippen LogP contribution in [0.5, 0.6) is 5.75 Å². The highest BCUT2D eigenvalue weighted by atomic mass is 79.9. The number of aromatic nitrogens is 1. The first-order valence-electron chi connectivity index (χ1n) is 6.47. The summed E-state index contributed by atoms with van der Waals surface area (Å²) in [5.74, 6) is 0.119. The fourth-order valence-electron chi connectivity index (χ4n) is 1.86. The average Bonchev–Trinajstić information content (AvgIpc) is 2.45. The van der Waals surface area contributed by atoms with Gasteiger partial charge in [-0.3, -0.25) is 4.79 Å². The first kappa shape index (κ1) is 15.3. The molecule has 0 aliphatic carbocycles. The fraction of sp³-hybridized carbons (Fsp3) is 0.200. The highest BCUT2D eigenvalue weighted by Crippen LogP contribution is 2.27. The SMILES string of the molecule is CCOc1c(N)cccc1C(=O)Nc1cnc(Br)c(C)c1. The van der Waals surface area contributed by atoms with E-state index in [2.05, 4.69) is 26.2 Å². The molecule has 0 saturated heterocycles. The molecule has 0 radical (unpaired) electrons. The van der Waals surface area contributed by atoms with Crippen molar-refractivity contribution >= 4 is 33.2 Å². The number of halogens is 1. The average molecular weight is 350 g/mol. The fourth-order valence-corrected chi connectivity index (χ4v) is 2.08. The summed E-state index contributed by atoms with van der Waals surface area (Å²) in [6.07, 6.45) is 1.58. The lowest BCUT2D eigenvalue weighted by atomic mass is 10.1. The Labute approximate surface area is 131 Å². The number of pyridine rings is 1. The van der Waals surface area contributed by atoms with E-state index in [1.807, 2.05) is 19.9 Å². The van der Waals surface area contributed by atoms with Crippen LogP contribution in [0, 0.1) is 6.92 Å². The van der Waals surface area contributed by atoms with Crippen LogP contribution in [0.3, 0.4) is 0 Å². The molecule has 5 nitrogen and oxygen atoms in total. The van der Waals surface area contributed by atoms with Crippen molar-refractivity contribution in [2.45, 2.75) is 13.8 Å². The number of amides is 1. The molecule has 0 fully saturated rings. The second kappa shape index (κ2) is 6.58. The van der Waals surface area contributed by atoms with Crippen LogP contribution in [-0.4, -0.2) is 17.5 Å². The first-order valence-corrected chi connectivity index (χ1v) is 7.27. The van der Waals surface area contributed by atoms with E-state index in [1.165, 1.54) is 0 Å². The maximum Gasteiger partial charge on any atom is 0.259 e. The van der Waals surface area contributed by atoms with E-state index in [9.17, 15) is 4.79 Å². The molecule has 0 aliphatic rings. The molecule has 110 valence electrons. The van der Waals surface area contributed by atoms with E-state index in [-0.39, 0.29) is 5.91 Å². The molecule has 1 aromatic heterocycles. The number of rotatable bonds is 4. The summed E-state index contributed by atoms with van der Waals surface area (Å²) in [7, 11) is 0. The van der Waals surface area contributed by atoms with Crippen molar-refractivity contribution in [3.63, 3.8) is 0 Å². The van der Waals surface area contributed by atoms with Gasteiger partial charge in [-0.2, -0.15) is 0 Å². The Hall–Kier alpha value is -2.08. The second-order valence-corrected chi connectivity index (χ2v) is 5.19. The molecule has 1 heterocycles. The summed E-state index contributed by atoms with van der Waals surface area (Å²) in [6.45, 7) is 4.18. The molecule has 0 aliphatic heterocycles. The molecule has 1 amide bonds. The lowest BCUT2D eigenvalue weighted by molar-refractivity contribution is 0.102. The van der Waals surface area contributed by atoms with E-state index in [0.29, 0.717) is 29.3 Å². The first-order chi connectivity index (χ1) is 10.0. The molecular formula is C15H16BrN3O2. The monoisotopic (exact) mass is 349 g/mol. The highest BCUT2D eigenvalue weighted by Gasteiger charge is 2.15. The molecule has 2 rings (SSSR count). The number of nitrogens with zero attached hydrogens (tertiary/aromatic N) is 1. The number of nitrogens with one attached hydrogen (secondary N) is 1. The Kier molecular flexibility index (Phi) is 4.80. The van der Waals surface area contributed by atoms with Crippen LogP contribution >= 0.6 is 15.9 Å². The van der Waals surface area contributed by atoms with Gasteiger partial charge in [0.25, 0.3) is 5.91 Å². The standard InChI is InChI=1S/C15H16BrN3O2/c1-3-21-13-11(5-4-6-12(13)17)15(20)19-10-7-9(2)14(16)18-8-10/h4-8H,3,17H2,1-2H3,(H,19,20). The summed E-state index contributed by atoms with van der Waals surface area (Å²) in [6, 6.07) is 6.93. The summed E-state index contributed by atoms with van der Waals surface area (Å²) < 4.78 is 6.21. The Morgan fingerprint density at radius 2 is 2.24 bits per heavy atom. The van der Waals surface area contributed by atoms with Gasteiger partial charge in [0.05, 0.1) is 29.7 Å². The number of nitrogen functional groups attached to an aromatic ring is 1. The molecule has 21 heavy (non-hydrogen) atoms. The Balaban J connectivity index is 2.28. The molecule has 2 aromatic rings. The van der Waals surface area contributed by atoms with Crippen molar-refractivity contribution < 1.29 is 9.53 Å². The van der Waals surface area contributed by atoms with Gasteiger partial charge in [0.15, 0.2) is 5.75 Å². The van der Waals surface area contributed by atoms with E-state index >= 15 is 0 Å². The van der Waals surface area contributed by atoms with Crippen LogP contribution in [0.2, 0.25) is 0 Å². The van der Waals surface area contributed by atoms with Gasteiger partial charge in [-0.15, -0.1) is 0 Å². The number of para-hydroxylation sites is 1. The smallest absolute Gasteiger partial charge is 0.259 e. The highest BCUT2D eigenvalue weighted by molar-refractivity contribution is 9.10. The molecule has 0 spiro atoms. The van der Waals surface area contributed by atoms with E-state index in [4.69, 9.17) is 10.5 Å². The zero-order valence-electron chi connectivity index (χ0n) is 11.8. The van der Waals surface area contributed by atoms with E-state index in [0.717, 1.165) is 10.2 Å². The van der Waals surface area contributed by atoms with Crippen LogP contribution in [0.15, 0.2) is 35.1 Å².